The van der Waals surface area contributed by atoms with Crippen molar-refractivity contribution >= 4 is 13.4 Å². The van der Waals surface area contributed by atoms with Crippen molar-refractivity contribution in [2.45, 2.75) is 58.6 Å². The number of carbonyl (C=O) groups excluding carboxylic acids is 1. The van der Waals surface area contributed by atoms with Crippen molar-refractivity contribution in [2.24, 2.45) is 0 Å². The van der Waals surface area contributed by atoms with Gasteiger partial charge in [-0.05, 0) is 34.1 Å². The second kappa shape index (κ2) is 5.85. The van der Waals surface area contributed by atoms with Gasteiger partial charge >= 0.3 is 7.12 Å². The van der Waals surface area contributed by atoms with Crippen molar-refractivity contribution in [3.05, 3.63) is 23.8 Å². The molecule has 100 valence electrons. The highest BCUT2D eigenvalue weighted by Crippen LogP contribution is 2.37. The van der Waals surface area contributed by atoms with E-state index < -0.39 is 0 Å². The predicted octanol–water partition coefficient (Wildman–Crippen LogP) is 3.17. The molecule has 1 rings (SSSR count). The van der Waals surface area contributed by atoms with E-state index in [1.807, 2.05) is 52.8 Å². The van der Waals surface area contributed by atoms with Crippen molar-refractivity contribution in [2.75, 3.05) is 0 Å². The molecule has 0 aromatic rings. The summed E-state index contributed by atoms with van der Waals surface area (Å²) in [6.07, 6.45) is 8.02. The van der Waals surface area contributed by atoms with Gasteiger partial charge in [0.25, 0.3) is 0 Å². The van der Waals surface area contributed by atoms with Gasteiger partial charge in [0, 0.05) is 11.9 Å². The van der Waals surface area contributed by atoms with Gasteiger partial charge in [0.1, 0.15) is 6.29 Å². The van der Waals surface area contributed by atoms with E-state index in [0.717, 1.165) is 12.7 Å². The Bertz CT molecular complexity index is 340. The molecule has 0 aliphatic carbocycles. The highest BCUT2D eigenvalue weighted by atomic mass is 16.7. The van der Waals surface area contributed by atoms with Gasteiger partial charge in [-0.2, -0.15) is 0 Å². The molecule has 0 aromatic heterocycles. The highest BCUT2D eigenvalue weighted by molar-refractivity contribution is 6.46. The van der Waals surface area contributed by atoms with Crippen LogP contribution in [0, 0.1) is 0 Å². The molecule has 0 N–H and O–H groups in total. The monoisotopic (exact) mass is 250 g/mol. The summed E-state index contributed by atoms with van der Waals surface area (Å²) in [7, 11) is -0.235. The zero-order chi connectivity index (χ0) is 13.8. The summed E-state index contributed by atoms with van der Waals surface area (Å²) in [5, 5.41) is 0. The normalized spacial score (nSPS) is 22.7. The lowest BCUT2D eigenvalue weighted by molar-refractivity contribution is -0.104. The first kappa shape index (κ1) is 15.2. The molecule has 0 aromatic carbocycles. The summed E-state index contributed by atoms with van der Waals surface area (Å²) < 4.78 is 11.7. The van der Waals surface area contributed by atoms with Crippen molar-refractivity contribution in [3.63, 3.8) is 0 Å². The second-order valence-corrected chi connectivity index (χ2v) is 5.55. The van der Waals surface area contributed by atoms with E-state index in [0.29, 0.717) is 11.9 Å². The third-order valence-corrected chi connectivity index (χ3v) is 3.52. The number of rotatable bonds is 5. The van der Waals surface area contributed by atoms with Crippen LogP contribution in [-0.4, -0.2) is 24.6 Å². The molecule has 18 heavy (non-hydrogen) atoms. The predicted molar refractivity (Wildman–Crippen MR) is 74.5 cm³/mol. The van der Waals surface area contributed by atoms with E-state index in [2.05, 4.69) is 0 Å². The summed E-state index contributed by atoms with van der Waals surface area (Å²) in [6, 6.07) is 0. The molecule has 3 nitrogen and oxygen atoms in total. The molecule has 1 aliphatic rings. The van der Waals surface area contributed by atoms with Crippen LogP contribution in [0.3, 0.4) is 0 Å². The fraction of sp³-hybridized carbons (Fsp3) is 0.643. The van der Waals surface area contributed by atoms with E-state index in [1.54, 1.807) is 0 Å². The lowest BCUT2D eigenvalue weighted by Gasteiger charge is -2.32. The Kier molecular flexibility index (Phi) is 4.94. The molecule has 1 saturated heterocycles. The lowest BCUT2D eigenvalue weighted by Crippen LogP contribution is -2.41. The first-order valence-electron chi connectivity index (χ1n) is 6.50. The van der Waals surface area contributed by atoms with Crippen LogP contribution in [-0.2, 0) is 14.1 Å². The molecule has 0 bridgehead atoms. The van der Waals surface area contributed by atoms with Gasteiger partial charge in [-0.15, -0.1) is 0 Å². The van der Waals surface area contributed by atoms with Crippen molar-refractivity contribution < 1.29 is 14.1 Å². The molecule has 0 atom stereocenters. The van der Waals surface area contributed by atoms with E-state index in [-0.39, 0.29) is 18.3 Å². The fourth-order valence-corrected chi connectivity index (χ4v) is 1.77. The van der Waals surface area contributed by atoms with Gasteiger partial charge in [-0.1, -0.05) is 25.2 Å². The molecule has 0 amide bonds. The second-order valence-electron chi connectivity index (χ2n) is 5.55. The minimum atomic E-state index is -0.293. The minimum Gasteiger partial charge on any atom is -0.403 e. The molecule has 0 spiro atoms. The third kappa shape index (κ3) is 3.56. The zero-order valence-electron chi connectivity index (χ0n) is 12.0. The maximum atomic E-state index is 10.7. The van der Waals surface area contributed by atoms with Gasteiger partial charge in [-0.3, -0.25) is 4.79 Å². The summed E-state index contributed by atoms with van der Waals surface area (Å²) in [4.78, 5) is 10.7. The number of hydrogen-bond donors (Lipinski definition) is 0. The van der Waals surface area contributed by atoms with Gasteiger partial charge in [0.2, 0.25) is 0 Å². The standard InChI is InChI=1S/C14H23BO3/c1-6-8-12(11-16)9-7-10-15-17-13(2,3)14(4,5)18-15/h7-9,11H,6,10H2,1-5H3. The van der Waals surface area contributed by atoms with Crippen LogP contribution in [0.25, 0.3) is 0 Å². The molecule has 0 saturated carbocycles. The van der Waals surface area contributed by atoms with Crippen molar-refractivity contribution in [1.29, 1.82) is 0 Å². The maximum Gasteiger partial charge on any atom is 0.461 e. The summed E-state index contributed by atoms with van der Waals surface area (Å²) in [5.41, 5.74) is 0.116. The fourth-order valence-electron chi connectivity index (χ4n) is 1.77. The lowest BCUT2D eigenvalue weighted by atomic mass is 9.84. The largest absolute Gasteiger partial charge is 0.461 e. The van der Waals surface area contributed by atoms with Crippen LogP contribution in [0.4, 0.5) is 0 Å². The van der Waals surface area contributed by atoms with Crippen LogP contribution in [0.5, 0.6) is 0 Å². The van der Waals surface area contributed by atoms with E-state index in [9.17, 15) is 4.79 Å². The average Bonchev–Trinajstić information content (AvgIpc) is 2.46. The quantitative estimate of drug-likeness (QED) is 0.325. The van der Waals surface area contributed by atoms with Crippen LogP contribution in [0.2, 0.25) is 6.32 Å². The Morgan fingerprint density at radius 2 is 1.72 bits per heavy atom. The van der Waals surface area contributed by atoms with Crippen LogP contribution < -0.4 is 0 Å². The number of aldehydes is 1. The van der Waals surface area contributed by atoms with Crippen molar-refractivity contribution in [1.82, 2.24) is 0 Å². The first-order chi connectivity index (χ1) is 8.32. The summed E-state index contributed by atoms with van der Waals surface area (Å²) in [5.74, 6) is 0. The maximum absolute atomic E-state index is 10.7. The molecule has 0 radical (unpaired) electrons. The van der Waals surface area contributed by atoms with Crippen LogP contribution in [0.15, 0.2) is 23.8 Å². The minimum absolute atomic E-state index is 0.235. The van der Waals surface area contributed by atoms with Gasteiger partial charge < -0.3 is 9.31 Å². The topological polar surface area (TPSA) is 35.5 Å². The van der Waals surface area contributed by atoms with Crippen molar-refractivity contribution in [3.8, 4) is 0 Å². The SMILES string of the molecule is CCC=C(C=O)C=CCB1OC(C)(C)C(C)(C)O1. The smallest absolute Gasteiger partial charge is 0.403 e. The molecule has 1 fully saturated rings. The average molecular weight is 250 g/mol. The van der Waals surface area contributed by atoms with Gasteiger partial charge in [0.15, 0.2) is 0 Å². The first-order valence-corrected chi connectivity index (χ1v) is 6.50. The molecule has 4 heteroatoms. The molecular formula is C14H23BO3. The molecule has 1 heterocycles. The Balaban J connectivity index is 2.54. The summed E-state index contributed by atoms with van der Waals surface area (Å²) >= 11 is 0. The Hall–Kier alpha value is -0.865. The third-order valence-electron chi connectivity index (χ3n) is 3.52. The van der Waals surface area contributed by atoms with Crippen LogP contribution >= 0.6 is 0 Å². The van der Waals surface area contributed by atoms with Crippen LogP contribution in [0.1, 0.15) is 41.0 Å². The van der Waals surface area contributed by atoms with Gasteiger partial charge in [-0.25, -0.2) is 0 Å². The summed E-state index contributed by atoms with van der Waals surface area (Å²) in [6.45, 7) is 10.1. The highest BCUT2D eigenvalue weighted by Gasteiger charge is 2.50. The van der Waals surface area contributed by atoms with Gasteiger partial charge in [0.05, 0.1) is 11.2 Å². The zero-order valence-corrected chi connectivity index (χ0v) is 12.0. The Morgan fingerprint density at radius 3 is 2.17 bits per heavy atom. The van der Waals surface area contributed by atoms with E-state index in [4.69, 9.17) is 9.31 Å². The number of hydrogen-bond acceptors (Lipinski definition) is 3. The molecule has 0 unspecified atom stereocenters. The van der Waals surface area contributed by atoms with E-state index in [1.165, 1.54) is 0 Å². The van der Waals surface area contributed by atoms with E-state index >= 15 is 0 Å². The Labute approximate surface area is 110 Å². The molecule has 1 aliphatic heterocycles. The molecular weight excluding hydrogens is 227 g/mol. The number of carbonyl (C=O) groups is 1. The Morgan fingerprint density at radius 1 is 1.17 bits per heavy atom. The number of allylic oxidation sites excluding steroid dienone is 4.